The van der Waals surface area contributed by atoms with Gasteiger partial charge in [-0.05, 0) is 159 Å². The smallest absolute Gasteiger partial charge is 0.244 e. The van der Waals surface area contributed by atoms with Gasteiger partial charge >= 0.3 is 0 Å². The van der Waals surface area contributed by atoms with Crippen molar-refractivity contribution < 1.29 is 4.39 Å². The summed E-state index contributed by atoms with van der Waals surface area (Å²) < 4.78 is 22.8. The van der Waals surface area contributed by atoms with Gasteiger partial charge in [-0.25, -0.2) is 53.3 Å². The van der Waals surface area contributed by atoms with Gasteiger partial charge in [0.15, 0.2) is 28.2 Å². The van der Waals surface area contributed by atoms with E-state index in [1.807, 2.05) is 65.0 Å². The Morgan fingerprint density at radius 3 is 1.38 bits per heavy atom. The third-order valence-corrected chi connectivity index (χ3v) is 12.1. The highest BCUT2D eigenvalue weighted by atomic mass is 35.5. The number of halogens is 2. The Balaban J connectivity index is 0.000000150. The summed E-state index contributed by atoms with van der Waals surface area (Å²) >= 11 is 6.03. The summed E-state index contributed by atoms with van der Waals surface area (Å²) in [7, 11) is 0. The number of anilines is 2. The molecule has 4 N–H and O–H groups in total. The van der Waals surface area contributed by atoms with Gasteiger partial charge < -0.3 is 11.5 Å². The van der Waals surface area contributed by atoms with Gasteiger partial charge in [0.2, 0.25) is 5.95 Å². The molecule has 394 valence electrons. The molecule has 10 aromatic rings. The Labute approximate surface area is 438 Å². The highest BCUT2D eigenvalue weighted by Crippen LogP contribution is 2.43. The minimum atomic E-state index is -0.564. The van der Waals surface area contributed by atoms with E-state index in [0.29, 0.717) is 21.7 Å². The van der Waals surface area contributed by atoms with E-state index in [4.69, 9.17) is 23.1 Å². The minimum absolute atomic E-state index is 0. The van der Waals surface area contributed by atoms with E-state index in [1.54, 1.807) is 60.2 Å². The number of nitrogens with two attached hydrogens (primary N) is 2. The fourth-order valence-electron chi connectivity index (χ4n) is 7.96. The second-order valence-corrected chi connectivity index (χ2v) is 23.6. The van der Waals surface area contributed by atoms with E-state index in [-0.39, 0.29) is 35.1 Å². The Morgan fingerprint density at radius 1 is 0.486 bits per heavy atom. The molecule has 10 aromatic heterocycles. The Kier molecular flexibility index (Phi) is 15.9. The quantitative estimate of drug-likeness (QED) is 0.156. The minimum Gasteiger partial charge on any atom is -0.398 e. The average Bonchev–Trinajstić information content (AvgIpc) is 3.78. The molecule has 0 aliphatic heterocycles. The van der Waals surface area contributed by atoms with Crippen molar-refractivity contribution in [3.05, 3.63) is 102 Å². The number of hydrogen-bond acceptors (Lipinski definition) is 13. The van der Waals surface area contributed by atoms with E-state index in [1.165, 1.54) is 23.8 Å². The number of aryl methyl sites for hydroxylation is 1. The van der Waals surface area contributed by atoms with E-state index in [0.717, 1.165) is 56.0 Å². The lowest BCUT2D eigenvalue weighted by Gasteiger charge is -2.19. The molecule has 11 rings (SSSR count). The molecule has 0 radical (unpaired) electrons. The van der Waals surface area contributed by atoms with Crippen LogP contribution in [0.2, 0.25) is 5.02 Å². The number of aromatic nitrogens is 16. The van der Waals surface area contributed by atoms with Crippen LogP contribution in [0.5, 0.6) is 0 Å². The lowest BCUT2D eigenvalue weighted by Crippen LogP contribution is -2.23. The van der Waals surface area contributed by atoms with Crippen LogP contribution in [0.4, 0.5) is 15.8 Å². The Bertz CT molecular complexity index is 3310. The number of nitrogen functional groups attached to an aromatic ring is 2. The predicted molar refractivity (Wildman–Crippen MR) is 298 cm³/mol. The van der Waals surface area contributed by atoms with Crippen molar-refractivity contribution >= 4 is 78.1 Å². The van der Waals surface area contributed by atoms with Crippen molar-refractivity contribution in [1.82, 2.24) is 78.8 Å². The van der Waals surface area contributed by atoms with E-state index >= 15 is 0 Å². The van der Waals surface area contributed by atoms with Crippen molar-refractivity contribution in [2.45, 2.75) is 165 Å². The van der Waals surface area contributed by atoms with Crippen LogP contribution >= 0.6 is 11.6 Å². The second-order valence-electron chi connectivity index (χ2n) is 23.2. The van der Waals surface area contributed by atoms with Crippen molar-refractivity contribution in [3.63, 3.8) is 0 Å². The largest absolute Gasteiger partial charge is 0.398 e. The number of fused-ring (bicyclic) bond motifs is 5. The molecule has 0 spiro atoms. The SMILES string of the molecule is C.CC(C)(C)n1nc(F)c2c(N)ccnc21.CC(C)(C)n1ncc2c(C3CC3)ccnc21.CC(C)(C)n1ncc2c(Cl)ccnc21.CC(C)(C)n1ncc2c(N)ccnc21.Cc1ncnc2c1cnn2C(C)(C)C. The number of pyridine rings is 4. The van der Waals surface area contributed by atoms with Gasteiger partial charge in [0, 0.05) is 41.5 Å². The lowest BCUT2D eigenvalue weighted by molar-refractivity contribution is 0.351. The first-order chi connectivity index (χ1) is 34.0. The summed E-state index contributed by atoms with van der Waals surface area (Å²) in [6.45, 7) is 33.1. The first-order valence-electron chi connectivity index (χ1n) is 24.3. The molecule has 10 heterocycles. The summed E-state index contributed by atoms with van der Waals surface area (Å²) in [5.41, 5.74) is 18.6. The van der Waals surface area contributed by atoms with Crippen LogP contribution < -0.4 is 11.5 Å². The van der Waals surface area contributed by atoms with Crippen molar-refractivity contribution in [2.24, 2.45) is 0 Å². The molecule has 0 aromatic carbocycles. The molecule has 0 saturated heterocycles. The fourth-order valence-corrected chi connectivity index (χ4v) is 8.15. The van der Waals surface area contributed by atoms with Crippen molar-refractivity contribution in [3.8, 4) is 0 Å². The molecular formula is C54H74ClFN18. The summed E-state index contributed by atoms with van der Waals surface area (Å²) in [5.74, 6) is 0.189. The molecule has 0 amide bonds. The zero-order valence-corrected chi connectivity index (χ0v) is 45.8. The van der Waals surface area contributed by atoms with Crippen LogP contribution in [0, 0.1) is 12.9 Å². The average molecular weight is 1030 g/mol. The van der Waals surface area contributed by atoms with Crippen LogP contribution in [0.3, 0.4) is 0 Å². The summed E-state index contributed by atoms with van der Waals surface area (Å²) in [4.78, 5) is 25.6. The molecule has 0 unspecified atom stereocenters. The van der Waals surface area contributed by atoms with Gasteiger partial charge in [-0.1, -0.05) is 19.0 Å². The Hall–Kier alpha value is -7.15. The van der Waals surface area contributed by atoms with Crippen LogP contribution in [-0.2, 0) is 27.7 Å². The summed E-state index contributed by atoms with van der Waals surface area (Å²) in [5, 5.41) is 26.4. The molecule has 20 heteroatoms. The normalized spacial score (nSPS) is 13.1. The maximum Gasteiger partial charge on any atom is 0.244 e. The van der Waals surface area contributed by atoms with Crippen LogP contribution in [0.25, 0.3) is 55.2 Å². The molecule has 0 atom stereocenters. The van der Waals surface area contributed by atoms with Crippen LogP contribution in [-0.4, -0.2) is 78.8 Å². The van der Waals surface area contributed by atoms with Gasteiger partial charge in [0.1, 0.15) is 6.33 Å². The van der Waals surface area contributed by atoms with Gasteiger partial charge in [-0.2, -0.15) is 24.8 Å². The lowest BCUT2D eigenvalue weighted by atomic mass is 10.1. The zero-order valence-electron chi connectivity index (χ0n) is 45.1. The van der Waals surface area contributed by atoms with E-state index in [9.17, 15) is 4.39 Å². The maximum absolute atomic E-state index is 13.5. The van der Waals surface area contributed by atoms with Crippen molar-refractivity contribution in [1.29, 1.82) is 0 Å². The molecule has 1 aliphatic carbocycles. The fraction of sp³-hybridized carbons (Fsp3) is 0.463. The standard InChI is InChI=1S/C13H17N3.C10H12ClN3.C10H13FN4.2C10H14N4.CH4/c1-13(2,3)16-12-11(8-15-16)10(6-7-14-12)9-4-5-9;1-10(2,3)14-9-7(6-13-14)8(11)4-5-12-9;1-10(2,3)15-9-7(8(11)14-15)6(12)4-5-13-9;1-7-8-5-13-14(10(2,3)4)9(8)12-6-11-7;1-10(2,3)14-9-7(6-13-14)8(11)4-5-12-9;/h6-9H,4-5H2,1-3H3;4-6H,1-3H3;4-5H,1-3H3,(H2,12,13);5-6H,1-4H3;4-6H,1-3H3,(H2,11,12);1H4. The van der Waals surface area contributed by atoms with Crippen LogP contribution in [0.1, 0.15) is 141 Å². The van der Waals surface area contributed by atoms with Gasteiger partial charge in [0.05, 0.1) is 84.7 Å². The first kappa shape index (κ1) is 56.2. The Morgan fingerprint density at radius 2 is 0.878 bits per heavy atom. The maximum atomic E-state index is 13.5. The van der Waals surface area contributed by atoms with Gasteiger partial charge in [0.25, 0.3) is 0 Å². The number of hydrogen-bond donors (Lipinski definition) is 2. The number of rotatable bonds is 1. The van der Waals surface area contributed by atoms with E-state index in [2.05, 4.69) is 145 Å². The monoisotopic (exact) mass is 1030 g/mol. The zero-order chi connectivity index (χ0) is 53.6. The highest BCUT2D eigenvalue weighted by Gasteiger charge is 2.28. The third-order valence-electron chi connectivity index (χ3n) is 11.7. The van der Waals surface area contributed by atoms with E-state index < -0.39 is 5.95 Å². The van der Waals surface area contributed by atoms with Crippen LogP contribution in [0.15, 0.2) is 80.2 Å². The molecule has 1 fully saturated rings. The second kappa shape index (κ2) is 21.0. The summed E-state index contributed by atoms with van der Waals surface area (Å²) in [6, 6.07) is 7.28. The molecule has 1 saturated carbocycles. The third kappa shape index (κ3) is 12.1. The molecular weight excluding hydrogens is 955 g/mol. The highest BCUT2D eigenvalue weighted by molar-refractivity contribution is 6.35. The van der Waals surface area contributed by atoms with Crippen molar-refractivity contribution in [2.75, 3.05) is 11.5 Å². The number of nitrogens with zero attached hydrogens (tertiary/aromatic N) is 16. The van der Waals surface area contributed by atoms with Gasteiger partial charge in [-0.3, -0.25) is 0 Å². The molecule has 0 bridgehead atoms. The summed E-state index contributed by atoms with van der Waals surface area (Å²) in [6.07, 6.45) is 18.4. The predicted octanol–water partition coefficient (Wildman–Crippen LogP) is 12.1. The topological polar surface area (TPSA) is 218 Å². The van der Waals surface area contributed by atoms with Gasteiger partial charge in [-0.15, -0.1) is 5.10 Å². The molecule has 1 aliphatic rings. The molecule has 74 heavy (non-hydrogen) atoms. The molecule has 18 nitrogen and oxygen atoms in total. The first-order valence-corrected chi connectivity index (χ1v) is 24.7.